The lowest BCUT2D eigenvalue weighted by Crippen LogP contribution is -2.53. The van der Waals surface area contributed by atoms with Crippen LogP contribution in [0.3, 0.4) is 0 Å². The zero-order chi connectivity index (χ0) is 16.5. The molecule has 1 fully saturated rings. The van der Waals surface area contributed by atoms with Gasteiger partial charge in [0.2, 0.25) is 10.0 Å². The summed E-state index contributed by atoms with van der Waals surface area (Å²) in [5.41, 5.74) is 0.219. The molecule has 0 radical (unpaired) electrons. The second-order valence-corrected chi connectivity index (χ2v) is 8.04. The summed E-state index contributed by atoms with van der Waals surface area (Å²) in [6.45, 7) is 6.73. The average Bonchev–Trinajstić information content (AvgIpc) is 2.34. The van der Waals surface area contributed by atoms with Gasteiger partial charge in [-0.25, -0.2) is 8.42 Å². The number of carbonyl (C=O) groups excluding carboxylic acids is 1. The molecule has 1 N–H and O–H groups in total. The molecule has 1 aromatic carbocycles. The Hall–Kier alpha value is -1.60. The predicted molar refractivity (Wildman–Crippen MR) is 85.4 cm³/mol. The van der Waals surface area contributed by atoms with Crippen LogP contribution in [0.2, 0.25) is 0 Å². The average molecular weight is 326 g/mol. The van der Waals surface area contributed by atoms with Crippen molar-refractivity contribution in [3.63, 3.8) is 0 Å². The second kappa shape index (κ2) is 5.89. The zero-order valence-corrected chi connectivity index (χ0v) is 14.1. The summed E-state index contributed by atoms with van der Waals surface area (Å²) in [5, 5.41) is 0. The van der Waals surface area contributed by atoms with E-state index in [2.05, 4.69) is 4.72 Å². The van der Waals surface area contributed by atoms with Crippen molar-refractivity contribution in [2.24, 2.45) is 0 Å². The van der Waals surface area contributed by atoms with E-state index in [1.165, 1.54) is 0 Å². The van der Waals surface area contributed by atoms with Gasteiger partial charge in [-0.05, 0) is 32.9 Å². The summed E-state index contributed by atoms with van der Waals surface area (Å²) in [4.78, 5) is 14.5. The minimum atomic E-state index is -3.44. The molecule has 0 bridgehead atoms. The SMILES string of the molecule is CC1CN(C(=O)c2ccccc2NS(C)(=O)=O)CC(C)(C)O1. The Labute approximate surface area is 131 Å². The molecule has 7 heteroatoms. The molecule has 0 aliphatic carbocycles. The highest BCUT2D eigenvalue weighted by atomic mass is 32.2. The monoisotopic (exact) mass is 326 g/mol. The van der Waals surface area contributed by atoms with Crippen LogP contribution >= 0.6 is 0 Å². The van der Waals surface area contributed by atoms with E-state index in [4.69, 9.17) is 4.74 Å². The maximum atomic E-state index is 12.8. The number of benzene rings is 1. The lowest BCUT2D eigenvalue weighted by atomic mass is 10.0. The number of sulfonamides is 1. The van der Waals surface area contributed by atoms with Crippen molar-refractivity contribution in [3.8, 4) is 0 Å². The van der Waals surface area contributed by atoms with E-state index in [0.29, 0.717) is 24.3 Å². The molecule has 1 heterocycles. The topological polar surface area (TPSA) is 75.7 Å². The van der Waals surface area contributed by atoms with Crippen molar-refractivity contribution in [1.82, 2.24) is 4.90 Å². The normalized spacial score (nSPS) is 21.5. The Bertz CT molecular complexity index is 670. The van der Waals surface area contributed by atoms with Crippen LogP contribution in [0, 0.1) is 0 Å². The molecular formula is C15H22N2O4S. The van der Waals surface area contributed by atoms with Crippen molar-refractivity contribution in [2.75, 3.05) is 24.1 Å². The molecule has 1 atom stereocenters. The van der Waals surface area contributed by atoms with E-state index in [9.17, 15) is 13.2 Å². The first-order chi connectivity index (χ1) is 10.1. The van der Waals surface area contributed by atoms with Gasteiger partial charge in [-0.15, -0.1) is 0 Å². The fraction of sp³-hybridized carbons (Fsp3) is 0.533. The van der Waals surface area contributed by atoms with Crippen molar-refractivity contribution < 1.29 is 17.9 Å². The Morgan fingerprint density at radius 2 is 2.00 bits per heavy atom. The van der Waals surface area contributed by atoms with Crippen LogP contribution in [0.25, 0.3) is 0 Å². The van der Waals surface area contributed by atoms with Crippen molar-refractivity contribution >= 4 is 21.6 Å². The minimum absolute atomic E-state index is 0.0669. The van der Waals surface area contributed by atoms with Crippen LogP contribution in [-0.2, 0) is 14.8 Å². The first-order valence-corrected chi connectivity index (χ1v) is 9.00. The Morgan fingerprint density at radius 3 is 2.59 bits per heavy atom. The van der Waals surface area contributed by atoms with Gasteiger partial charge in [-0.3, -0.25) is 9.52 Å². The van der Waals surface area contributed by atoms with E-state index < -0.39 is 15.6 Å². The van der Waals surface area contributed by atoms with Gasteiger partial charge in [0.15, 0.2) is 0 Å². The third-order valence-corrected chi connectivity index (χ3v) is 3.90. The fourth-order valence-corrected chi connectivity index (χ4v) is 3.31. The van der Waals surface area contributed by atoms with Gasteiger partial charge in [0.05, 0.1) is 29.2 Å². The van der Waals surface area contributed by atoms with Gasteiger partial charge in [0.1, 0.15) is 0 Å². The molecule has 0 spiro atoms. The number of amides is 1. The van der Waals surface area contributed by atoms with Gasteiger partial charge in [-0.2, -0.15) is 0 Å². The number of nitrogens with zero attached hydrogens (tertiary/aromatic N) is 1. The van der Waals surface area contributed by atoms with Crippen molar-refractivity contribution in [3.05, 3.63) is 29.8 Å². The van der Waals surface area contributed by atoms with Gasteiger partial charge in [-0.1, -0.05) is 12.1 Å². The van der Waals surface area contributed by atoms with E-state index in [-0.39, 0.29) is 12.0 Å². The number of carbonyl (C=O) groups is 1. The number of hydrogen-bond donors (Lipinski definition) is 1. The highest BCUT2D eigenvalue weighted by Crippen LogP contribution is 2.25. The van der Waals surface area contributed by atoms with Gasteiger partial charge >= 0.3 is 0 Å². The van der Waals surface area contributed by atoms with Gasteiger partial charge in [0.25, 0.3) is 5.91 Å². The van der Waals surface area contributed by atoms with Crippen LogP contribution < -0.4 is 4.72 Å². The smallest absolute Gasteiger partial charge is 0.256 e. The third-order valence-electron chi connectivity index (χ3n) is 3.31. The number of anilines is 1. The molecular weight excluding hydrogens is 304 g/mol. The second-order valence-electron chi connectivity index (χ2n) is 6.29. The first-order valence-electron chi connectivity index (χ1n) is 7.11. The lowest BCUT2D eigenvalue weighted by molar-refractivity contribution is -0.118. The van der Waals surface area contributed by atoms with Crippen LogP contribution in [0.5, 0.6) is 0 Å². The zero-order valence-electron chi connectivity index (χ0n) is 13.3. The molecule has 1 aliphatic rings. The summed E-state index contributed by atoms with van der Waals surface area (Å²) in [6.07, 6.45) is 0.997. The number of morpholine rings is 1. The van der Waals surface area contributed by atoms with E-state index in [1.54, 1.807) is 29.2 Å². The fourth-order valence-electron chi connectivity index (χ4n) is 2.74. The summed E-state index contributed by atoms with van der Waals surface area (Å²) in [6, 6.07) is 6.62. The summed E-state index contributed by atoms with van der Waals surface area (Å²) >= 11 is 0. The lowest BCUT2D eigenvalue weighted by Gasteiger charge is -2.41. The number of nitrogens with one attached hydrogen (secondary N) is 1. The molecule has 1 amide bonds. The van der Waals surface area contributed by atoms with Crippen LogP contribution in [0.1, 0.15) is 31.1 Å². The summed E-state index contributed by atoms with van der Waals surface area (Å²) in [7, 11) is -3.44. The molecule has 1 aliphatic heterocycles. The number of hydrogen-bond acceptors (Lipinski definition) is 4. The Balaban J connectivity index is 2.30. The molecule has 1 saturated heterocycles. The maximum absolute atomic E-state index is 12.8. The van der Waals surface area contributed by atoms with Crippen molar-refractivity contribution in [1.29, 1.82) is 0 Å². The molecule has 2 rings (SSSR count). The number of para-hydroxylation sites is 1. The van der Waals surface area contributed by atoms with E-state index in [0.717, 1.165) is 6.26 Å². The largest absolute Gasteiger partial charge is 0.369 e. The molecule has 22 heavy (non-hydrogen) atoms. The Morgan fingerprint density at radius 1 is 1.36 bits per heavy atom. The molecule has 0 saturated carbocycles. The molecule has 122 valence electrons. The van der Waals surface area contributed by atoms with Crippen LogP contribution in [0.4, 0.5) is 5.69 Å². The van der Waals surface area contributed by atoms with E-state index in [1.807, 2.05) is 20.8 Å². The van der Waals surface area contributed by atoms with Gasteiger partial charge < -0.3 is 9.64 Å². The van der Waals surface area contributed by atoms with Gasteiger partial charge in [0, 0.05) is 13.1 Å². The quantitative estimate of drug-likeness (QED) is 0.917. The predicted octanol–water partition coefficient (Wildman–Crippen LogP) is 1.70. The van der Waals surface area contributed by atoms with Crippen LogP contribution in [0.15, 0.2) is 24.3 Å². The number of rotatable bonds is 3. The highest BCUT2D eigenvalue weighted by Gasteiger charge is 2.34. The molecule has 6 nitrogen and oxygen atoms in total. The molecule has 1 unspecified atom stereocenters. The summed E-state index contributed by atoms with van der Waals surface area (Å²) in [5.74, 6) is -0.199. The van der Waals surface area contributed by atoms with Crippen molar-refractivity contribution in [2.45, 2.75) is 32.5 Å². The van der Waals surface area contributed by atoms with Crippen LogP contribution in [-0.4, -0.2) is 50.3 Å². The number of ether oxygens (including phenoxy) is 1. The summed E-state index contributed by atoms with van der Waals surface area (Å²) < 4.78 is 31.1. The molecule has 1 aromatic rings. The Kier molecular flexibility index (Phi) is 4.49. The highest BCUT2D eigenvalue weighted by molar-refractivity contribution is 7.92. The third kappa shape index (κ3) is 4.20. The minimum Gasteiger partial charge on any atom is -0.369 e. The molecule has 0 aromatic heterocycles. The first kappa shape index (κ1) is 16.8. The van der Waals surface area contributed by atoms with E-state index >= 15 is 0 Å². The standard InChI is InChI=1S/C15H22N2O4S/c1-11-9-17(10-15(2,3)21-11)14(18)12-7-5-6-8-13(12)16-22(4,19)20/h5-8,11,16H,9-10H2,1-4H3. The maximum Gasteiger partial charge on any atom is 0.256 e.